The Morgan fingerprint density at radius 3 is 2.68 bits per heavy atom. The zero-order valence-electron chi connectivity index (χ0n) is 18.7. The highest BCUT2D eigenvalue weighted by Crippen LogP contribution is 2.29. The van der Waals surface area contributed by atoms with Crippen molar-refractivity contribution in [2.75, 3.05) is 36.1 Å². The molecule has 176 valence electrons. The normalized spacial score (nSPS) is 18.9. The minimum Gasteiger partial charge on any atom is -0.493 e. The number of para-hydroxylation sites is 1. The molecular formula is C24H26N6O3S. The molecule has 0 unspecified atom stereocenters. The van der Waals surface area contributed by atoms with Crippen molar-refractivity contribution in [2.45, 2.75) is 18.9 Å². The van der Waals surface area contributed by atoms with Gasteiger partial charge in [-0.1, -0.05) is 6.07 Å². The predicted molar refractivity (Wildman–Crippen MR) is 131 cm³/mol. The molecule has 0 atom stereocenters. The van der Waals surface area contributed by atoms with Crippen molar-refractivity contribution in [1.82, 2.24) is 19.5 Å². The van der Waals surface area contributed by atoms with Gasteiger partial charge in [0, 0.05) is 31.1 Å². The van der Waals surface area contributed by atoms with E-state index in [0.717, 1.165) is 53.7 Å². The fraction of sp³-hybridized carbons (Fsp3) is 0.375. The van der Waals surface area contributed by atoms with Crippen LogP contribution < -0.4 is 15.4 Å². The van der Waals surface area contributed by atoms with E-state index in [2.05, 4.69) is 20.9 Å². The summed E-state index contributed by atoms with van der Waals surface area (Å²) in [6, 6.07) is 12.1. The van der Waals surface area contributed by atoms with Gasteiger partial charge in [0.1, 0.15) is 17.6 Å². The maximum atomic E-state index is 11.3. The van der Waals surface area contributed by atoms with E-state index in [1.807, 2.05) is 34.9 Å². The number of piperidine rings is 1. The molecule has 34 heavy (non-hydrogen) atoms. The second-order valence-corrected chi connectivity index (χ2v) is 11.4. The average molecular weight is 479 g/mol. The van der Waals surface area contributed by atoms with E-state index in [0.29, 0.717) is 18.2 Å². The van der Waals surface area contributed by atoms with Crippen LogP contribution in [0.2, 0.25) is 0 Å². The third kappa shape index (κ3) is 3.97. The molecule has 0 spiro atoms. The summed E-state index contributed by atoms with van der Waals surface area (Å²) in [5.41, 5.74) is 10.6. The van der Waals surface area contributed by atoms with Gasteiger partial charge in [-0.3, -0.25) is 9.55 Å². The molecular weight excluding hydrogens is 452 g/mol. The lowest BCUT2D eigenvalue weighted by atomic mass is 10.1. The maximum Gasteiger partial charge on any atom is 0.157 e. The Hall–Kier alpha value is -3.24. The number of ether oxygens (including phenoxy) is 1. The monoisotopic (exact) mass is 478 g/mol. The minimum absolute atomic E-state index is 0.0657. The van der Waals surface area contributed by atoms with Crippen LogP contribution in [0.5, 0.6) is 5.75 Å². The molecule has 9 nitrogen and oxygen atoms in total. The minimum atomic E-state index is -2.84. The third-order valence-corrected chi connectivity index (χ3v) is 8.61. The van der Waals surface area contributed by atoms with Gasteiger partial charge in [0.15, 0.2) is 15.7 Å². The topological polar surface area (TPSA) is 116 Å². The van der Waals surface area contributed by atoms with Gasteiger partial charge in [-0.25, -0.2) is 18.4 Å². The molecule has 4 heterocycles. The van der Waals surface area contributed by atoms with Crippen molar-refractivity contribution < 1.29 is 13.2 Å². The average Bonchev–Trinajstić information content (AvgIpc) is 3.24. The lowest BCUT2D eigenvalue weighted by Crippen LogP contribution is -2.39. The Labute approximate surface area is 197 Å². The molecule has 2 saturated heterocycles. The smallest absolute Gasteiger partial charge is 0.157 e. The van der Waals surface area contributed by atoms with Crippen molar-refractivity contribution in [2.24, 2.45) is 11.7 Å². The van der Waals surface area contributed by atoms with Crippen molar-refractivity contribution in [1.29, 1.82) is 0 Å². The molecule has 6 rings (SSSR count). The Morgan fingerprint density at radius 2 is 1.88 bits per heavy atom. The first-order chi connectivity index (χ1) is 16.4. The Morgan fingerprint density at radius 1 is 1.06 bits per heavy atom. The predicted octanol–water partition coefficient (Wildman–Crippen LogP) is 2.32. The lowest BCUT2D eigenvalue weighted by molar-refractivity contribution is 0.264. The van der Waals surface area contributed by atoms with E-state index in [1.165, 1.54) is 0 Å². The summed E-state index contributed by atoms with van der Waals surface area (Å²) in [6.07, 6.45) is 5.44. The summed E-state index contributed by atoms with van der Waals surface area (Å²) >= 11 is 0. The molecule has 2 fully saturated rings. The highest BCUT2D eigenvalue weighted by atomic mass is 32.2. The summed E-state index contributed by atoms with van der Waals surface area (Å²) < 4.78 is 30.4. The van der Waals surface area contributed by atoms with Crippen LogP contribution in [0, 0.1) is 5.92 Å². The quantitative estimate of drug-likeness (QED) is 0.465. The number of benzene rings is 2. The third-order valence-electron chi connectivity index (χ3n) is 6.65. The van der Waals surface area contributed by atoms with E-state index >= 15 is 0 Å². The van der Waals surface area contributed by atoms with Crippen LogP contribution in [-0.2, 0) is 9.84 Å². The molecule has 0 radical (unpaired) electrons. The lowest BCUT2D eigenvalue weighted by Gasteiger charge is -2.32. The Kier molecular flexibility index (Phi) is 5.14. The standard InChI is InChI=1S/C24H26N6O3S/c25-17-6-8-29(9-7-17)22-3-1-2-19-24(22)28-23(11-26-19)30-15-27-20-10-18(4-5-21(20)30)33-12-16-13-34(31,32)14-16/h1-5,10-11,15-17H,6-9,12-14,25H2. The van der Waals surface area contributed by atoms with Gasteiger partial charge < -0.3 is 15.4 Å². The number of anilines is 1. The van der Waals surface area contributed by atoms with Crippen LogP contribution in [-0.4, -0.2) is 65.2 Å². The van der Waals surface area contributed by atoms with Crippen LogP contribution in [0.3, 0.4) is 0 Å². The number of aromatic nitrogens is 4. The summed E-state index contributed by atoms with van der Waals surface area (Å²) in [5.74, 6) is 1.85. The zero-order valence-corrected chi connectivity index (χ0v) is 19.5. The van der Waals surface area contributed by atoms with Gasteiger partial charge in [-0.05, 0) is 37.1 Å². The van der Waals surface area contributed by atoms with Crippen molar-refractivity contribution >= 4 is 37.6 Å². The first kappa shape index (κ1) is 21.3. The molecule has 4 aromatic rings. The molecule has 2 aliphatic rings. The number of rotatable bonds is 5. The number of hydrogen-bond acceptors (Lipinski definition) is 8. The summed E-state index contributed by atoms with van der Waals surface area (Å²) in [4.78, 5) is 16.5. The van der Waals surface area contributed by atoms with Gasteiger partial charge in [0.25, 0.3) is 0 Å². The maximum absolute atomic E-state index is 11.3. The number of imidazole rings is 1. The van der Waals surface area contributed by atoms with Gasteiger partial charge in [0.2, 0.25) is 0 Å². The molecule has 2 aliphatic heterocycles. The fourth-order valence-corrected chi connectivity index (χ4v) is 6.30. The van der Waals surface area contributed by atoms with Crippen LogP contribution in [0.15, 0.2) is 48.9 Å². The van der Waals surface area contributed by atoms with Crippen LogP contribution in [0.4, 0.5) is 5.69 Å². The van der Waals surface area contributed by atoms with Crippen LogP contribution >= 0.6 is 0 Å². The first-order valence-corrected chi connectivity index (χ1v) is 13.3. The highest BCUT2D eigenvalue weighted by Gasteiger charge is 2.33. The zero-order chi connectivity index (χ0) is 23.3. The van der Waals surface area contributed by atoms with E-state index in [9.17, 15) is 8.42 Å². The number of fused-ring (bicyclic) bond motifs is 2. The van der Waals surface area contributed by atoms with Crippen LogP contribution in [0.25, 0.3) is 27.9 Å². The van der Waals surface area contributed by atoms with Crippen molar-refractivity contribution in [3.8, 4) is 11.6 Å². The van der Waals surface area contributed by atoms with Gasteiger partial charge in [-0.2, -0.15) is 0 Å². The van der Waals surface area contributed by atoms with E-state index in [4.69, 9.17) is 15.5 Å². The summed E-state index contributed by atoms with van der Waals surface area (Å²) in [7, 11) is -2.84. The molecule has 0 saturated carbocycles. The van der Waals surface area contributed by atoms with E-state index in [-0.39, 0.29) is 23.5 Å². The van der Waals surface area contributed by atoms with E-state index in [1.54, 1.807) is 12.5 Å². The van der Waals surface area contributed by atoms with Crippen molar-refractivity contribution in [3.05, 3.63) is 48.9 Å². The molecule has 10 heteroatoms. The number of sulfone groups is 1. The molecule has 0 aliphatic carbocycles. The molecule has 2 aromatic carbocycles. The molecule has 0 bridgehead atoms. The fourth-order valence-electron chi connectivity index (χ4n) is 4.77. The second kappa shape index (κ2) is 8.21. The largest absolute Gasteiger partial charge is 0.493 e. The SMILES string of the molecule is NC1CCN(c2cccc3ncc(-n4cnc5cc(OCC6CS(=O)(=O)C6)ccc54)nc23)CC1. The molecule has 2 N–H and O–H groups in total. The highest BCUT2D eigenvalue weighted by molar-refractivity contribution is 7.92. The second-order valence-electron chi connectivity index (χ2n) is 9.22. The summed E-state index contributed by atoms with van der Waals surface area (Å²) in [5, 5.41) is 0. The summed E-state index contributed by atoms with van der Waals surface area (Å²) in [6.45, 7) is 2.22. The van der Waals surface area contributed by atoms with E-state index < -0.39 is 9.84 Å². The van der Waals surface area contributed by atoms with Crippen LogP contribution in [0.1, 0.15) is 12.8 Å². The van der Waals surface area contributed by atoms with Gasteiger partial charge in [0.05, 0.1) is 46.5 Å². The number of hydrogen-bond donors (Lipinski definition) is 1. The Balaban J connectivity index is 1.28. The van der Waals surface area contributed by atoms with Crippen molar-refractivity contribution in [3.63, 3.8) is 0 Å². The molecule has 0 amide bonds. The number of nitrogens with zero attached hydrogens (tertiary/aromatic N) is 5. The van der Waals surface area contributed by atoms with Gasteiger partial charge >= 0.3 is 0 Å². The number of nitrogens with two attached hydrogens (primary N) is 1. The molecule has 2 aromatic heterocycles. The Bertz CT molecular complexity index is 1460. The van der Waals surface area contributed by atoms with Gasteiger partial charge in [-0.15, -0.1) is 0 Å². The first-order valence-electron chi connectivity index (χ1n) is 11.5.